The summed E-state index contributed by atoms with van der Waals surface area (Å²) in [4.78, 5) is 22.8. The summed E-state index contributed by atoms with van der Waals surface area (Å²) in [6.45, 7) is 23.4. The molecule has 2 aromatic carbocycles. The molecule has 4 atom stereocenters. The van der Waals surface area contributed by atoms with E-state index in [0.717, 1.165) is 48.3 Å². The van der Waals surface area contributed by atoms with Gasteiger partial charge < -0.3 is 48.1 Å². The fourth-order valence-electron chi connectivity index (χ4n) is 8.87. The first-order valence-corrected chi connectivity index (χ1v) is 21.6. The molecule has 340 valence electrons. The number of esters is 2. The molecule has 2 saturated heterocycles. The van der Waals surface area contributed by atoms with Crippen molar-refractivity contribution in [1.82, 2.24) is 0 Å². The van der Waals surface area contributed by atoms with Gasteiger partial charge in [0.15, 0.2) is 0 Å². The average Bonchev–Trinajstić information content (AvgIpc) is 3.61. The van der Waals surface area contributed by atoms with Crippen LogP contribution in [0.1, 0.15) is 131 Å². The molecule has 0 amide bonds. The van der Waals surface area contributed by atoms with Gasteiger partial charge in [0.1, 0.15) is 34.9 Å². The lowest BCUT2D eigenvalue weighted by molar-refractivity contribution is -0.177. The number of hydrogen-bond donors (Lipinski definition) is 2. The maximum atomic E-state index is 12.1. The van der Waals surface area contributed by atoms with Gasteiger partial charge in [-0.15, -0.1) is 0 Å². The molecule has 0 aliphatic carbocycles. The van der Waals surface area contributed by atoms with Crippen LogP contribution in [0.25, 0.3) is 0 Å². The Balaban J connectivity index is 0.000000320. The number of methoxy groups -OCH3 is 2. The summed E-state index contributed by atoms with van der Waals surface area (Å²) in [5, 5.41) is 24.1. The van der Waals surface area contributed by atoms with Crippen molar-refractivity contribution in [2.24, 2.45) is 21.7 Å². The van der Waals surface area contributed by atoms with E-state index in [2.05, 4.69) is 0 Å². The van der Waals surface area contributed by atoms with Crippen LogP contribution in [0.5, 0.6) is 11.5 Å². The summed E-state index contributed by atoms with van der Waals surface area (Å²) in [5.41, 5.74) is -2.55. The Kier molecular flexibility index (Phi) is 18.9. The van der Waals surface area contributed by atoms with Crippen LogP contribution in [0.15, 0.2) is 48.5 Å². The monoisotopic (exact) mass is 845 g/mol. The first kappa shape index (κ1) is 51.1. The highest BCUT2D eigenvalue weighted by Crippen LogP contribution is 2.59. The number of aliphatic hydroxyl groups is 2. The Morgan fingerprint density at radius 1 is 0.650 bits per heavy atom. The van der Waals surface area contributed by atoms with Gasteiger partial charge in [0.2, 0.25) is 0 Å². The molecule has 0 spiro atoms. The van der Waals surface area contributed by atoms with E-state index in [1.807, 2.05) is 104 Å². The smallest absolute Gasteiger partial charge is 0.305 e. The lowest BCUT2D eigenvalue weighted by Crippen LogP contribution is -2.57. The summed E-state index contributed by atoms with van der Waals surface area (Å²) in [6, 6.07) is 15.4. The fraction of sp³-hybridized carbons (Fsp3) is 0.708. The lowest BCUT2D eigenvalue weighted by atomic mass is 9.59. The minimum absolute atomic E-state index is 0.168. The zero-order valence-electron chi connectivity index (χ0n) is 38.6. The predicted octanol–water partition coefficient (Wildman–Crippen LogP) is 8.60. The van der Waals surface area contributed by atoms with E-state index in [4.69, 9.17) is 37.9 Å². The molecule has 60 heavy (non-hydrogen) atoms. The summed E-state index contributed by atoms with van der Waals surface area (Å²) >= 11 is 0. The van der Waals surface area contributed by atoms with Crippen LogP contribution in [0, 0.1) is 21.7 Å². The highest BCUT2D eigenvalue weighted by molar-refractivity contribution is 5.69. The van der Waals surface area contributed by atoms with E-state index in [0.29, 0.717) is 65.7 Å². The molecular formula is C48H76O12. The van der Waals surface area contributed by atoms with Crippen LogP contribution >= 0.6 is 0 Å². The van der Waals surface area contributed by atoms with Crippen molar-refractivity contribution in [1.29, 1.82) is 0 Å². The summed E-state index contributed by atoms with van der Waals surface area (Å²) in [5.74, 6) is 1.13. The van der Waals surface area contributed by atoms with Crippen molar-refractivity contribution >= 4 is 11.9 Å². The second kappa shape index (κ2) is 22.2. The Bertz CT molecular complexity index is 1520. The third-order valence-corrected chi connectivity index (χ3v) is 12.3. The van der Waals surface area contributed by atoms with Gasteiger partial charge in [-0.25, -0.2) is 0 Å². The van der Waals surface area contributed by atoms with Gasteiger partial charge in [-0.2, -0.15) is 0 Å². The normalized spacial score (nSPS) is 23.4. The number of carbonyl (C=O) groups is 2. The predicted molar refractivity (Wildman–Crippen MR) is 231 cm³/mol. The zero-order valence-corrected chi connectivity index (χ0v) is 38.6. The molecule has 2 fully saturated rings. The molecule has 2 aliphatic heterocycles. The average molecular weight is 845 g/mol. The quantitative estimate of drug-likeness (QED) is 0.0864. The van der Waals surface area contributed by atoms with Gasteiger partial charge >= 0.3 is 11.9 Å². The van der Waals surface area contributed by atoms with Crippen LogP contribution in [-0.4, -0.2) is 100 Å². The minimum atomic E-state index is -1.14. The molecular weight excluding hydrogens is 769 g/mol. The maximum absolute atomic E-state index is 12.1. The Morgan fingerprint density at radius 2 is 1.02 bits per heavy atom. The van der Waals surface area contributed by atoms with Gasteiger partial charge in [-0.3, -0.25) is 9.59 Å². The molecule has 12 heteroatoms. The van der Waals surface area contributed by atoms with E-state index in [9.17, 15) is 19.8 Å². The van der Waals surface area contributed by atoms with E-state index < -0.39 is 45.1 Å². The molecule has 0 radical (unpaired) electrons. The van der Waals surface area contributed by atoms with E-state index in [1.54, 1.807) is 28.1 Å². The largest absolute Gasteiger partial charge is 0.497 e. The highest BCUT2D eigenvalue weighted by atomic mass is 16.5. The molecule has 4 rings (SSSR count). The molecule has 2 heterocycles. The van der Waals surface area contributed by atoms with E-state index >= 15 is 0 Å². The van der Waals surface area contributed by atoms with Crippen LogP contribution in [-0.2, 0) is 38.0 Å². The minimum Gasteiger partial charge on any atom is -0.497 e. The van der Waals surface area contributed by atoms with Crippen molar-refractivity contribution < 1.29 is 57.7 Å². The van der Waals surface area contributed by atoms with E-state index in [-0.39, 0.29) is 11.9 Å². The fourth-order valence-corrected chi connectivity index (χ4v) is 8.87. The number of ether oxygens (including phenoxy) is 8. The standard InChI is InChI=1S/2C24H38O6/c2*1-7-29-20(25)13-8-9-14-28-16-22(2,3)24(26)21(30-17-23(24,4)5)18-11-10-12-19(15-18)27-6/h2*10-12,15,21,26H,7-9,13-14,16-17H2,1-6H3/t21-,24+;21-,24-/m00/s1. The van der Waals surface area contributed by atoms with Crippen LogP contribution in [0.3, 0.4) is 0 Å². The molecule has 2 N–H and O–H groups in total. The number of unbranched alkanes of at least 4 members (excludes halogenated alkanes) is 2. The highest BCUT2D eigenvalue weighted by Gasteiger charge is 2.65. The molecule has 0 unspecified atom stereocenters. The maximum Gasteiger partial charge on any atom is 0.305 e. The Morgan fingerprint density at radius 3 is 1.35 bits per heavy atom. The molecule has 0 saturated carbocycles. The molecule has 2 aromatic rings. The summed E-state index contributed by atoms with van der Waals surface area (Å²) in [6.07, 6.45) is 2.84. The SMILES string of the molecule is CCOC(=O)CCCCOCC(C)(C)[C@@]1(O)[C@H](c2cccc(OC)c2)OCC1(C)C.CCOC(=O)CCCCOCC(C)(C)[C@]1(O)[C@H](c2cccc(OC)c2)OCC1(C)C. The van der Waals surface area contributed by atoms with E-state index in [1.165, 1.54) is 0 Å². The Labute approximate surface area is 359 Å². The first-order valence-electron chi connectivity index (χ1n) is 21.6. The molecule has 0 bridgehead atoms. The number of benzene rings is 2. The second-order valence-electron chi connectivity index (χ2n) is 18.6. The van der Waals surface area contributed by atoms with Crippen molar-refractivity contribution in [3.05, 3.63) is 59.7 Å². The third kappa shape index (κ3) is 12.0. The van der Waals surface area contributed by atoms with Crippen LogP contribution in [0.4, 0.5) is 0 Å². The zero-order chi connectivity index (χ0) is 44.8. The summed E-state index contributed by atoms with van der Waals surface area (Å²) < 4.78 is 44.8. The molecule has 12 nitrogen and oxygen atoms in total. The number of rotatable bonds is 22. The van der Waals surface area contributed by atoms with Gasteiger partial charge in [0, 0.05) is 47.7 Å². The third-order valence-electron chi connectivity index (χ3n) is 12.3. The van der Waals surface area contributed by atoms with Crippen molar-refractivity contribution in [2.75, 3.05) is 67.1 Å². The Hall–Kier alpha value is -3.26. The van der Waals surface area contributed by atoms with Crippen molar-refractivity contribution in [3.63, 3.8) is 0 Å². The van der Waals surface area contributed by atoms with Gasteiger partial charge in [0.25, 0.3) is 0 Å². The molecule has 2 aliphatic rings. The van der Waals surface area contributed by atoms with Gasteiger partial charge in [-0.1, -0.05) is 79.7 Å². The van der Waals surface area contributed by atoms with Crippen LogP contribution < -0.4 is 9.47 Å². The van der Waals surface area contributed by atoms with Crippen LogP contribution in [0.2, 0.25) is 0 Å². The van der Waals surface area contributed by atoms with Crippen molar-refractivity contribution in [3.8, 4) is 11.5 Å². The topological polar surface area (TPSA) is 148 Å². The number of hydrogen-bond acceptors (Lipinski definition) is 12. The van der Waals surface area contributed by atoms with Crippen molar-refractivity contribution in [2.45, 2.75) is 131 Å². The second-order valence-corrected chi connectivity index (χ2v) is 18.6. The van der Waals surface area contributed by atoms with Gasteiger partial charge in [0.05, 0.1) is 53.9 Å². The lowest BCUT2D eigenvalue weighted by Gasteiger charge is -2.49. The molecule has 0 aromatic heterocycles. The first-order chi connectivity index (χ1) is 28.2. The summed E-state index contributed by atoms with van der Waals surface area (Å²) in [7, 11) is 3.26. The van der Waals surface area contributed by atoms with Gasteiger partial charge in [-0.05, 0) is 74.9 Å². The number of carbonyl (C=O) groups excluding carboxylic acids is 2.